The summed E-state index contributed by atoms with van der Waals surface area (Å²) in [5.41, 5.74) is 7.41. The van der Waals surface area contributed by atoms with Crippen LogP contribution in [0, 0.1) is 13.8 Å². The number of carbonyl (C=O) groups excluding carboxylic acids is 2. The van der Waals surface area contributed by atoms with E-state index in [9.17, 15) is 9.59 Å². The predicted molar refractivity (Wildman–Crippen MR) is 117 cm³/mol. The molecule has 0 saturated heterocycles. The van der Waals surface area contributed by atoms with E-state index < -0.39 is 0 Å². The van der Waals surface area contributed by atoms with Crippen LogP contribution in [0.25, 0.3) is 0 Å². The molecule has 0 bridgehead atoms. The molecule has 0 unspecified atom stereocenters. The second-order valence-electron chi connectivity index (χ2n) is 6.44. The van der Waals surface area contributed by atoms with Crippen LogP contribution in [0.4, 0.5) is 0 Å². The van der Waals surface area contributed by atoms with E-state index in [4.69, 9.17) is 0 Å². The van der Waals surface area contributed by atoms with Crippen molar-refractivity contribution in [3.8, 4) is 0 Å². The first-order valence-electron chi connectivity index (χ1n) is 9.28. The fourth-order valence-electron chi connectivity index (χ4n) is 2.40. The van der Waals surface area contributed by atoms with Crippen LogP contribution < -0.4 is 10.9 Å². The molecule has 2 N–H and O–H groups in total. The maximum Gasteiger partial charge on any atom is 0.240 e. The Bertz CT molecular complexity index is 756. The fourth-order valence-corrected chi connectivity index (χ4v) is 3.97. The molecule has 150 valence electrons. The van der Waals surface area contributed by atoms with Gasteiger partial charge in [-0.3, -0.25) is 9.59 Å². The lowest BCUT2D eigenvalue weighted by Gasteiger charge is -2.02. The summed E-state index contributed by atoms with van der Waals surface area (Å²) in [4.78, 5) is 25.6. The van der Waals surface area contributed by atoms with Crippen LogP contribution in [0.5, 0.6) is 0 Å². The highest BCUT2D eigenvalue weighted by Gasteiger charge is 2.02. The Hall–Kier alpha value is -2.32. The van der Waals surface area contributed by atoms with Crippen molar-refractivity contribution in [3.63, 3.8) is 0 Å². The average Bonchev–Trinajstić information content (AvgIpc) is 3.26. The molecule has 0 aliphatic rings. The van der Waals surface area contributed by atoms with Gasteiger partial charge in [0.15, 0.2) is 0 Å². The van der Waals surface area contributed by atoms with Gasteiger partial charge in [0.2, 0.25) is 11.8 Å². The summed E-state index contributed by atoms with van der Waals surface area (Å²) >= 11 is 3.19. The Balaban J connectivity index is 1.48. The van der Waals surface area contributed by atoms with E-state index in [1.54, 1.807) is 35.1 Å². The van der Waals surface area contributed by atoms with Crippen LogP contribution in [-0.4, -0.2) is 24.2 Å². The molecule has 0 saturated carbocycles. The zero-order valence-corrected chi connectivity index (χ0v) is 17.9. The Morgan fingerprint density at radius 3 is 1.61 bits per heavy atom. The van der Waals surface area contributed by atoms with Crippen LogP contribution in [0.3, 0.4) is 0 Å². The topological polar surface area (TPSA) is 82.9 Å². The van der Waals surface area contributed by atoms with E-state index in [-0.39, 0.29) is 11.8 Å². The van der Waals surface area contributed by atoms with Gasteiger partial charge in [0.1, 0.15) is 0 Å². The van der Waals surface area contributed by atoms with Crippen LogP contribution in [0.1, 0.15) is 59.4 Å². The van der Waals surface area contributed by atoms with Gasteiger partial charge in [-0.25, -0.2) is 10.9 Å². The van der Waals surface area contributed by atoms with Gasteiger partial charge >= 0.3 is 0 Å². The van der Waals surface area contributed by atoms with Crippen molar-refractivity contribution in [2.45, 2.75) is 52.4 Å². The SMILES string of the molecule is Cc1ccsc1/C=N/NC(=O)CCCCCCC(=O)N/N=C/c1sccc1C. The minimum absolute atomic E-state index is 0.0820. The summed E-state index contributed by atoms with van der Waals surface area (Å²) in [6.45, 7) is 4.02. The molecule has 2 heterocycles. The van der Waals surface area contributed by atoms with Crippen LogP contribution in [0.2, 0.25) is 0 Å². The van der Waals surface area contributed by atoms with Crippen LogP contribution in [0.15, 0.2) is 33.1 Å². The molecule has 6 nitrogen and oxygen atoms in total. The zero-order chi connectivity index (χ0) is 20.2. The Morgan fingerprint density at radius 2 is 1.25 bits per heavy atom. The maximum atomic E-state index is 11.7. The van der Waals surface area contributed by atoms with Gasteiger partial charge in [-0.1, -0.05) is 12.8 Å². The molecular weight excluding hydrogens is 392 g/mol. The lowest BCUT2D eigenvalue weighted by atomic mass is 10.1. The number of rotatable bonds is 11. The summed E-state index contributed by atoms with van der Waals surface area (Å²) in [6, 6.07) is 4.04. The number of hydrogen-bond donors (Lipinski definition) is 2. The third-order valence-electron chi connectivity index (χ3n) is 4.10. The molecule has 0 aliphatic carbocycles. The minimum atomic E-state index is -0.0820. The third-order valence-corrected chi connectivity index (χ3v) is 6.01. The van der Waals surface area contributed by atoms with E-state index in [2.05, 4.69) is 21.1 Å². The van der Waals surface area contributed by atoms with Gasteiger partial charge in [0.05, 0.1) is 12.4 Å². The number of aryl methyl sites for hydroxylation is 2. The van der Waals surface area contributed by atoms with Crippen molar-refractivity contribution in [2.75, 3.05) is 0 Å². The first-order chi connectivity index (χ1) is 13.6. The largest absolute Gasteiger partial charge is 0.273 e. The molecule has 0 atom stereocenters. The smallest absolute Gasteiger partial charge is 0.240 e. The van der Waals surface area contributed by atoms with Crippen LogP contribution >= 0.6 is 22.7 Å². The minimum Gasteiger partial charge on any atom is -0.273 e. The molecule has 2 aromatic rings. The molecule has 2 rings (SSSR count). The van der Waals surface area contributed by atoms with Gasteiger partial charge in [-0.15, -0.1) is 22.7 Å². The van der Waals surface area contributed by atoms with Crippen molar-refractivity contribution in [3.05, 3.63) is 43.8 Å². The number of hydrogen-bond acceptors (Lipinski definition) is 6. The third kappa shape index (κ3) is 8.14. The number of nitrogens with zero attached hydrogens (tertiary/aromatic N) is 2. The number of hydrazone groups is 2. The first kappa shape index (κ1) is 22.0. The number of thiophene rings is 2. The van der Waals surface area contributed by atoms with E-state index in [0.717, 1.165) is 46.6 Å². The van der Waals surface area contributed by atoms with Gasteiger partial charge < -0.3 is 0 Å². The van der Waals surface area contributed by atoms with E-state index >= 15 is 0 Å². The van der Waals surface area contributed by atoms with Gasteiger partial charge in [-0.2, -0.15) is 10.2 Å². The molecule has 0 spiro atoms. The second-order valence-corrected chi connectivity index (χ2v) is 8.33. The maximum absolute atomic E-state index is 11.7. The molecule has 0 aliphatic heterocycles. The molecular formula is C20H26N4O2S2. The predicted octanol–water partition coefficient (Wildman–Crippen LogP) is 4.37. The van der Waals surface area contributed by atoms with Gasteiger partial charge in [0.25, 0.3) is 0 Å². The molecule has 2 aromatic heterocycles. The zero-order valence-electron chi connectivity index (χ0n) is 16.2. The van der Waals surface area contributed by atoms with E-state index in [1.807, 2.05) is 36.7 Å². The van der Waals surface area contributed by atoms with Crippen molar-refractivity contribution >= 4 is 46.9 Å². The van der Waals surface area contributed by atoms with Gasteiger partial charge in [-0.05, 0) is 60.7 Å². The molecule has 0 fully saturated rings. The Kier molecular flexibility index (Phi) is 9.57. The summed E-state index contributed by atoms with van der Waals surface area (Å²) in [7, 11) is 0. The highest BCUT2D eigenvalue weighted by Crippen LogP contribution is 2.13. The summed E-state index contributed by atoms with van der Waals surface area (Å²) in [5, 5.41) is 12.0. The number of carbonyl (C=O) groups is 2. The summed E-state index contributed by atoms with van der Waals surface area (Å²) in [6.07, 6.45) is 7.64. The van der Waals surface area contributed by atoms with Crippen LogP contribution in [-0.2, 0) is 9.59 Å². The normalized spacial score (nSPS) is 11.4. The quantitative estimate of drug-likeness (QED) is 0.323. The first-order valence-corrected chi connectivity index (χ1v) is 11.0. The standard InChI is InChI=1S/C20H26N4O2S2/c1-15-9-11-27-17(15)13-21-23-19(25)7-5-3-4-6-8-20(26)24-22-14-18-16(2)10-12-28-18/h9-14H,3-8H2,1-2H3,(H,23,25)(H,24,26)/b21-13+,22-14+. The molecule has 0 radical (unpaired) electrons. The van der Waals surface area contributed by atoms with Crippen molar-refractivity contribution in [1.29, 1.82) is 0 Å². The molecule has 8 heteroatoms. The average molecular weight is 419 g/mol. The lowest BCUT2D eigenvalue weighted by Crippen LogP contribution is -2.17. The number of unbranched alkanes of at least 4 members (excludes halogenated alkanes) is 3. The summed E-state index contributed by atoms with van der Waals surface area (Å²) in [5.74, 6) is -0.164. The second kappa shape index (κ2) is 12.2. The Labute approximate surface area is 173 Å². The van der Waals surface area contributed by atoms with Gasteiger partial charge in [0, 0.05) is 22.6 Å². The van der Waals surface area contributed by atoms with Crippen molar-refractivity contribution < 1.29 is 9.59 Å². The highest BCUT2D eigenvalue weighted by molar-refractivity contribution is 7.12. The molecule has 28 heavy (non-hydrogen) atoms. The fraction of sp³-hybridized carbons (Fsp3) is 0.400. The Morgan fingerprint density at radius 1 is 0.821 bits per heavy atom. The highest BCUT2D eigenvalue weighted by atomic mass is 32.1. The van der Waals surface area contributed by atoms with E-state index in [0.29, 0.717) is 12.8 Å². The van der Waals surface area contributed by atoms with E-state index in [1.165, 1.54) is 0 Å². The summed E-state index contributed by atoms with van der Waals surface area (Å²) < 4.78 is 0. The number of amides is 2. The van der Waals surface area contributed by atoms with Crippen molar-refractivity contribution in [1.82, 2.24) is 10.9 Å². The van der Waals surface area contributed by atoms with Crippen molar-refractivity contribution in [2.24, 2.45) is 10.2 Å². The number of nitrogens with one attached hydrogen (secondary N) is 2. The molecule has 2 amide bonds. The lowest BCUT2D eigenvalue weighted by molar-refractivity contribution is -0.122. The monoisotopic (exact) mass is 418 g/mol. The molecule has 0 aromatic carbocycles.